The minimum absolute atomic E-state index is 0.0949. The fraction of sp³-hybridized carbons (Fsp3) is 0.318. The summed E-state index contributed by atoms with van der Waals surface area (Å²) >= 11 is 1.25. The van der Waals surface area contributed by atoms with Crippen LogP contribution in [0.1, 0.15) is 25.3 Å². The number of nitrogens with zero attached hydrogens (tertiary/aromatic N) is 3. The number of thioether (sulfide) groups is 1. The van der Waals surface area contributed by atoms with Crippen LogP contribution in [0.15, 0.2) is 47.5 Å². The van der Waals surface area contributed by atoms with Crippen LogP contribution in [0.3, 0.4) is 0 Å². The summed E-state index contributed by atoms with van der Waals surface area (Å²) in [6, 6.07) is 11.6. The third-order valence-electron chi connectivity index (χ3n) is 4.84. The van der Waals surface area contributed by atoms with E-state index in [1.54, 1.807) is 4.90 Å². The molecule has 1 fully saturated rings. The number of hydrogen-bond acceptors (Lipinski definition) is 7. The average molecular weight is 457 g/mol. The molecule has 1 atom stereocenters. The van der Waals surface area contributed by atoms with Crippen LogP contribution in [0.2, 0.25) is 0 Å². The summed E-state index contributed by atoms with van der Waals surface area (Å²) < 4.78 is 5.18. The maximum atomic E-state index is 13.0. The normalized spacial score (nSPS) is 17.0. The lowest BCUT2D eigenvalue weighted by Crippen LogP contribution is -2.34. The Bertz CT molecular complexity index is 1070. The molecule has 1 heterocycles. The van der Waals surface area contributed by atoms with Crippen LogP contribution < -0.4 is 10.1 Å². The molecule has 0 radical (unpaired) electrons. The zero-order chi connectivity index (χ0) is 23.3. The molecule has 2 aromatic rings. The van der Waals surface area contributed by atoms with Gasteiger partial charge in [-0.15, -0.1) is 0 Å². The van der Waals surface area contributed by atoms with Crippen molar-refractivity contribution in [1.29, 1.82) is 0 Å². The zero-order valence-electron chi connectivity index (χ0n) is 18.0. The molecule has 1 N–H and O–H groups in total. The van der Waals surface area contributed by atoms with Crippen molar-refractivity contribution < 1.29 is 19.2 Å². The molecule has 0 saturated carbocycles. The first-order chi connectivity index (χ1) is 15.3. The van der Waals surface area contributed by atoms with Gasteiger partial charge in [0.15, 0.2) is 5.17 Å². The highest BCUT2D eigenvalue weighted by Crippen LogP contribution is 2.34. The quantitative estimate of drug-likeness (QED) is 0.468. The number of aliphatic imine (C=N–C) groups is 1. The Hall–Kier alpha value is -3.40. The van der Waals surface area contributed by atoms with Crippen molar-refractivity contribution in [2.45, 2.75) is 31.9 Å². The highest BCUT2D eigenvalue weighted by Gasteiger charge is 2.38. The summed E-state index contributed by atoms with van der Waals surface area (Å²) in [5.74, 6) is -0.322. The molecule has 1 aliphatic heterocycles. The lowest BCUT2D eigenvalue weighted by molar-refractivity contribution is -0.384. The molecule has 0 bridgehead atoms. The number of para-hydroxylation sites is 1. The Morgan fingerprint density at radius 2 is 2.06 bits per heavy atom. The summed E-state index contributed by atoms with van der Waals surface area (Å²) in [6.07, 6.45) is 0.658. The predicted molar refractivity (Wildman–Crippen MR) is 125 cm³/mol. The van der Waals surface area contributed by atoms with Crippen LogP contribution in [-0.4, -0.2) is 45.7 Å². The van der Waals surface area contributed by atoms with Crippen LogP contribution in [-0.2, 0) is 9.59 Å². The molecule has 32 heavy (non-hydrogen) atoms. The van der Waals surface area contributed by atoms with Gasteiger partial charge in [-0.2, -0.15) is 0 Å². The van der Waals surface area contributed by atoms with Gasteiger partial charge in [-0.05, 0) is 31.0 Å². The molecule has 1 unspecified atom stereocenters. The van der Waals surface area contributed by atoms with Gasteiger partial charge in [-0.3, -0.25) is 24.6 Å². The van der Waals surface area contributed by atoms with Crippen molar-refractivity contribution in [2.75, 3.05) is 19.0 Å². The molecule has 1 saturated heterocycles. The SMILES string of the molecule is CCCN1C(=O)C(CC(=O)Nc2cc([N+](=O)[O-])ccc2OC)SC1=Nc1ccccc1C. The number of carbonyl (C=O) groups excluding carboxylic acids is 2. The van der Waals surface area contributed by atoms with E-state index in [2.05, 4.69) is 10.3 Å². The van der Waals surface area contributed by atoms with E-state index in [9.17, 15) is 19.7 Å². The number of aryl methyl sites for hydroxylation is 1. The molecule has 9 nitrogen and oxygen atoms in total. The Morgan fingerprint density at radius 1 is 1.31 bits per heavy atom. The van der Waals surface area contributed by atoms with Crippen LogP contribution in [0, 0.1) is 17.0 Å². The van der Waals surface area contributed by atoms with Crippen LogP contribution >= 0.6 is 11.8 Å². The zero-order valence-corrected chi connectivity index (χ0v) is 18.8. The fourth-order valence-electron chi connectivity index (χ4n) is 3.22. The van der Waals surface area contributed by atoms with Gasteiger partial charge >= 0.3 is 0 Å². The topological polar surface area (TPSA) is 114 Å². The molecule has 0 aliphatic carbocycles. The molecule has 10 heteroatoms. The number of amides is 2. The summed E-state index contributed by atoms with van der Waals surface area (Å²) in [7, 11) is 1.41. The van der Waals surface area contributed by atoms with Crippen LogP contribution in [0.5, 0.6) is 5.75 Å². The van der Waals surface area contributed by atoms with Gasteiger partial charge in [0, 0.05) is 25.1 Å². The average Bonchev–Trinajstić information content (AvgIpc) is 3.04. The molecule has 2 amide bonds. The van der Waals surface area contributed by atoms with Crippen molar-refractivity contribution in [1.82, 2.24) is 4.90 Å². The summed E-state index contributed by atoms with van der Waals surface area (Å²) in [4.78, 5) is 42.4. The van der Waals surface area contributed by atoms with Crippen molar-refractivity contribution in [3.63, 3.8) is 0 Å². The standard InChI is InChI=1S/C22H24N4O5S/c1-4-11-25-21(28)19(32-22(25)24-16-8-6-5-7-14(16)2)13-20(27)23-17-12-15(26(29)30)9-10-18(17)31-3/h5-10,12,19H,4,11,13H2,1-3H3,(H,23,27). The Morgan fingerprint density at radius 3 is 2.72 bits per heavy atom. The monoisotopic (exact) mass is 456 g/mol. The van der Waals surface area contributed by atoms with Crippen LogP contribution in [0.4, 0.5) is 17.1 Å². The smallest absolute Gasteiger partial charge is 0.271 e. The molecule has 2 aromatic carbocycles. The minimum atomic E-state index is -0.631. The van der Waals surface area contributed by atoms with E-state index in [0.717, 1.165) is 17.7 Å². The third kappa shape index (κ3) is 5.25. The molecule has 3 rings (SSSR count). The van der Waals surface area contributed by atoms with E-state index in [0.29, 0.717) is 17.5 Å². The number of ether oxygens (including phenoxy) is 1. The largest absolute Gasteiger partial charge is 0.495 e. The second-order valence-electron chi connectivity index (χ2n) is 7.17. The van der Waals surface area contributed by atoms with E-state index < -0.39 is 16.1 Å². The first-order valence-electron chi connectivity index (χ1n) is 10.1. The van der Waals surface area contributed by atoms with Gasteiger partial charge in [0.2, 0.25) is 11.8 Å². The second kappa shape index (κ2) is 10.3. The predicted octanol–water partition coefficient (Wildman–Crippen LogP) is 4.28. The van der Waals surface area contributed by atoms with Crippen molar-refractivity contribution in [2.24, 2.45) is 4.99 Å². The van der Waals surface area contributed by atoms with Gasteiger partial charge in [0.25, 0.3) is 5.69 Å². The minimum Gasteiger partial charge on any atom is -0.495 e. The summed E-state index contributed by atoms with van der Waals surface area (Å²) in [6.45, 7) is 4.42. The van der Waals surface area contributed by atoms with E-state index in [4.69, 9.17) is 4.74 Å². The number of hydrogen-bond donors (Lipinski definition) is 1. The molecule has 1 aliphatic rings. The number of methoxy groups -OCH3 is 1. The van der Waals surface area contributed by atoms with Crippen molar-refractivity contribution in [3.05, 3.63) is 58.1 Å². The maximum Gasteiger partial charge on any atom is 0.271 e. The number of non-ortho nitro benzene ring substituents is 1. The Kier molecular flexibility index (Phi) is 7.47. The lowest BCUT2D eigenvalue weighted by Gasteiger charge is -2.15. The van der Waals surface area contributed by atoms with Gasteiger partial charge in [0.1, 0.15) is 11.0 Å². The van der Waals surface area contributed by atoms with Gasteiger partial charge in [0.05, 0.1) is 23.4 Å². The summed E-state index contributed by atoms with van der Waals surface area (Å²) in [5, 5.41) is 13.6. The van der Waals surface area contributed by atoms with Gasteiger partial charge in [-0.25, -0.2) is 4.99 Å². The van der Waals surface area contributed by atoms with Crippen LogP contribution in [0.25, 0.3) is 0 Å². The Labute approximate surface area is 190 Å². The molecule has 168 valence electrons. The fourth-order valence-corrected chi connectivity index (χ4v) is 4.40. The first kappa shape index (κ1) is 23.3. The highest BCUT2D eigenvalue weighted by molar-refractivity contribution is 8.15. The van der Waals surface area contributed by atoms with E-state index in [1.807, 2.05) is 38.1 Å². The molecular formula is C22H24N4O5S. The Balaban J connectivity index is 1.78. The second-order valence-corrected chi connectivity index (χ2v) is 8.34. The number of nitrogens with one attached hydrogen (secondary N) is 1. The molecule has 0 aromatic heterocycles. The number of anilines is 1. The van der Waals surface area contributed by atoms with E-state index in [1.165, 1.54) is 37.1 Å². The molecule has 0 spiro atoms. The number of benzene rings is 2. The maximum absolute atomic E-state index is 13.0. The van der Waals surface area contributed by atoms with Crippen molar-refractivity contribution in [3.8, 4) is 5.75 Å². The van der Waals surface area contributed by atoms with Gasteiger partial charge in [-0.1, -0.05) is 36.9 Å². The number of carbonyl (C=O) groups is 2. The van der Waals surface area contributed by atoms with Gasteiger partial charge < -0.3 is 10.1 Å². The molecular weight excluding hydrogens is 432 g/mol. The number of nitro groups is 1. The summed E-state index contributed by atoms with van der Waals surface area (Å²) in [5.41, 5.74) is 1.77. The number of rotatable bonds is 8. The first-order valence-corrected chi connectivity index (χ1v) is 11.0. The number of amidine groups is 1. The highest BCUT2D eigenvalue weighted by atomic mass is 32.2. The third-order valence-corrected chi connectivity index (χ3v) is 6.01. The lowest BCUT2D eigenvalue weighted by atomic mass is 10.2. The van der Waals surface area contributed by atoms with E-state index in [-0.39, 0.29) is 23.7 Å². The van der Waals surface area contributed by atoms with E-state index >= 15 is 0 Å². The number of nitro benzene ring substituents is 1. The van der Waals surface area contributed by atoms with Crippen molar-refractivity contribution >= 4 is 45.8 Å².